The lowest BCUT2D eigenvalue weighted by atomic mass is 9.85. The number of aliphatic hydroxyl groups is 1. The molecule has 0 radical (unpaired) electrons. The molecule has 1 fully saturated rings. The minimum Gasteiger partial charge on any atom is -0.396 e. The summed E-state index contributed by atoms with van der Waals surface area (Å²) in [5.41, 5.74) is 0. The largest absolute Gasteiger partial charge is 0.396 e. The van der Waals surface area contributed by atoms with Crippen LogP contribution in [0.15, 0.2) is 0 Å². The predicted octanol–water partition coefficient (Wildman–Crippen LogP) is 0.0828. The molecule has 15 heavy (non-hydrogen) atoms. The third-order valence-electron chi connectivity index (χ3n) is 2.53. The van der Waals surface area contributed by atoms with E-state index >= 15 is 0 Å². The van der Waals surface area contributed by atoms with E-state index in [0.29, 0.717) is 25.7 Å². The van der Waals surface area contributed by atoms with Crippen molar-refractivity contribution in [2.45, 2.75) is 31.8 Å². The van der Waals surface area contributed by atoms with Crippen LogP contribution in [-0.4, -0.2) is 38.3 Å². The summed E-state index contributed by atoms with van der Waals surface area (Å²) in [6.07, 6.45) is 2.14. The van der Waals surface area contributed by atoms with Crippen LogP contribution in [0.4, 0.5) is 0 Å². The first-order valence-corrected chi connectivity index (χ1v) is 6.76. The third kappa shape index (κ3) is 4.27. The molecule has 1 rings (SSSR count). The van der Waals surface area contributed by atoms with E-state index in [1.54, 1.807) is 0 Å². The van der Waals surface area contributed by atoms with Gasteiger partial charge in [0.2, 0.25) is 0 Å². The number of carbonyl (C=O) groups is 1. The second-order valence-corrected chi connectivity index (χ2v) is 5.51. The molecule has 6 heteroatoms. The normalized spacial score (nSPS) is 28.0. The number of rotatable bonds is 4. The number of ketones is 1. The molecule has 1 aliphatic rings. The van der Waals surface area contributed by atoms with E-state index in [1.165, 1.54) is 0 Å². The van der Waals surface area contributed by atoms with Crippen LogP contribution < -0.4 is 0 Å². The third-order valence-corrected chi connectivity index (χ3v) is 3.12. The van der Waals surface area contributed by atoms with E-state index in [2.05, 4.69) is 0 Å². The van der Waals surface area contributed by atoms with Crippen molar-refractivity contribution in [2.24, 2.45) is 5.92 Å². The number of hydrogen-bond acceptors (Lipinski definition) is 5. The van der Waals surface area contributed by atoms with Crippen LogP contribution in [0, 0.1) is 5.92 Å². The van der Waals surface area contributed by atoms with Crippen molar-refractivity contribution in [1.82, 2.24) is 0 Å². The molecule has 0 amide bonds. The fourth-order valence-corrected chi connectivity index (χ4v) is 2.42. The van der Waals surface area contributed by atoms with Crippen LogP contribution in [-0.2, 0) is 19.1 Å². The molecule has 0 heterocycles. The van der Waals surface area contributed by atoms with Crippen molar-refractivity contribution < 1.29 is 22.5 Å². The number of hydrogen-bond donors (Lipinski definition) is 1. The van der Waals surface area contributed by atoms with Crippen molar-refractivity contribution in [3.63, 3.8) is 0 Å². The molecule has 0 saturated heterocycles. The van der Waals surface area contributed by atoms with E-state index in [4.69, 9.17) is 9.29 Å². The first-order valence-electron chi connectivity index (χ1n) is 4.94. The quantitative estimate of drug-likeness (QED) is 0.699. The Morgan fingerprint density at radius 1 is 1.53 bits per heavy atom. The summed E-state index contributed by atoms with van der Waals surface area (Å²) in [6.45, 7) is 0.0600. The molecule has 0 aromatic carbocycles. The smallest absolute Gasteiger partial charge is 0.265 e. The molecular formula is C9H16O5S. The zero-order chi connectivity index (χ0) is 11.5. The maximum atomic E-state index is 11.4. The summed E-state index contributed by atoms with van der Waals surface area (Å²) in [4.78, 5) is 11.4. The van der Waals surface area contributed by atoms with Gasteiger partial charge >= 0.3 is 0 Å². The Morgan fingerprint density at radius 3 is 2.73 bits per heavy atom. The first kappa shape index (κ1) is 12.6. The van der Waals surface area contributed by atoms with Gasteiger partial charge in [0, 0.05) is 13.0 Å². The molecule has 0 aromatic heterocycles. The summed E-state index contributed by atoms with van der Waals surface area (Å²) in [5.74, 6) is 0.0223. The van der Waals surface area contributed by atoms with Crippen molar-refractivity contribution >= 4 is 15.9 Å². The summed E-state index contributed by atoms with van der Waals surface area (Å²) < 4.78 is 26.5. The highest BCUT2D eigenvalue weighted by molar-refractivity contribution is 7.86. The van der Waals surface area contributed by atoms with Gasteiger partial charge in [-0.2, -0.15) is 8.42 Å². The molecule has 0 spiro atoms. The molecule has 1 N–H and O–H groups in total. The SMILES string of the molecule is CS(=O)(=O)OC1CC(CCO)CCC1=O. The molecule has 88 valence electrons. The Kier molecular flexibility index (Phi) is 4.24. The van der Waals surface area contributed by atoms with E-state index in [1.807, 2.05) is 0 Å². The lowest BCUT2D eigenvalue weighted by molar-refractivity contribution is -0.129. The number of carbonyl (C=O) groups excluding carboxylic acids is 1. The summed E-state index contributed by atoms with van der Waals surface area (Å²) >= 11 is 0. The Hall–Kier alpha value is -0.460. The van der Waals surface area contributed by atoms with Gasteiger partial charge in [-0.3, -0.25) is 8.98 Å². The monoisotopic (exact) mass is 236 g/mol. The van der Waals surface area contributed by atoms with E-state index in [0.717, 1.165) is 6.26 Å². The second-order valence-electron chi connectivity index (χ2n) is 3.91. The molecular weight excluding hydrogens is 220 g/mol. The zero-order valence-corrected chi connectivity index (χ0v) is 9.50. The van der Waals surface area contributed by atoms with Crippen LogP contribution >= 0.6 is 0 Å². The van der Waals surface area contributed by atoms with Gasteiger partial charge in [0.1, 0.15) is 6.10 Å². The predicted molar refractivity (Wildman–Crippen MR) is 53.8 cm³/mol. The standard InChI is InChI=1S/C9H16O5S/c1-15(12,13)14-9-6-7(4-5-10)2-3-8(9)11/h7,9-10H,2-6H2,1H3. The second kappa shape index (κ2) is 5.05. The van der Waals surface area contributed by atoms with Gasteiger partial charge in [-0.1, -0.05) is 0 Å². The summed E-state index contributed by atoms with van der Waals surface area (Å²) in [5, 5.41) is 8.76. The Morgan fingerprint density at radius 2 is 2.20 bits per heavy atom. The van der Waals surface area contributed by atoms with Crippen molar-refractivity contribution in [3.05, 3.63) is 0 Å². The molecule has 5 nitrogen and oxygen atoms in total. The molecule has 0 aromatic rings. The fourth-order valence-electron chi connectivity index (χ4n) is 1.81. The average Bonchev–Trinajstić information content (AvgIpc) is 2.09. The van der Waals surface area contributed by atoms with Gasteiger partial charge in [0.25, 0.3) is 10.1 Å². The van der Waals surface area contributed by atoms with Gasteiger partial charge in [-0.15, -0.1) is 0 Å². The molecule has 0 bridgehead atoms. The molecule has 1 aliphatic carbocycles. The van der Waals surface area contributed by atoms with Crippen LogP contribution in [0.2, 0.25) is 0 Å². The van der Waals surface area contributed by atoms with E-state index in [-0.39, 0.29) is 18.3 Å². The maximum absolute atomic E-state index is 11.4. The van der Waals surface area contributed by atoms with Gasteiger partial charge < -0.3 is 5.11 Å². The Labute approximate surface area is 89.6 Å². The lowest BCUT2D eigenvalue weighted by Crippen LogP contribution is -2.34. The van der Waals surface area contributed by atoms with Gasteiger partial charge in [0.05, 0.1) is 6.26 Å². The highest BCUT2D eigenvalue weighted by Gasteiger charge is 2.31. The van der Waals surface area contributed by atoms with Gasteiger partial charge in [-0.25, -0.2) is 0 Å². The van der Waals surface area contributed by atoms with Gasteiger partial charge in [-0.05, 0) is 25.2 Å². The minimum absolute atomic E-state index is 0.0600. The average molecular weight is 236 g/mol. The molecule has 0 aliphatic heterocycles. The highest BCUT2D eigenvalue weighted by atomic mass is 32.2. The van der Waals surface area contributed by atoms with E-state index in [9.17, 15) is 13.2 Å². The summed E-state index contributed by atoms with van der Waals surface area (Å²) in [6, 6.07) is 0. The van der Waals surface area contributed by atoms with Crippen LogP contribution in [0.3, 0.4) is 0 Å². The van der Waals surface area contributed by atoms with Crippen LogP contribution in [0.1, 0.15) is 25.7 Å². The Balaban J connectivity index is 2.57. The van der Waals surface area contributed by atoms with Crippen LogP contribution in [0.25, 0.3) is 0 Å². The molecule has 2 unspecified atom stereocenters. The lowest BCUT2D eigenvalue weighted by Gasteiger charge is -2.26. The van der Waals surface area contributed by atoms with Crippen molar-refractivity contribution in [1.29, 1.82) is 0 Å². The van der Waals surface area contributed by atoms with Crippen LogP contribution in [0.5, 0.6) is 0 Å². The Bertz CT molecular complexity index is 321. The maximum Gasteiger partial charge on any atom is 0.265 e. The first-order chi connectivity index (χ1) is 6.92. The zero-order valence-electron chi connectivity index (χ0n) is 8.68. The highest BCUT2D eigenvalue weighted by Crippen LogP contribution is 2.27. The van der Waals surface area contributed by atoms with Crippen molar-refractivity contribution in [2.75, 3.05) is 12.9 Å². The molecule has 2 atom stereocenters. The molecule has 1 saturated carbocycles. The fraction of sp³-hybridized carbons (Fsp3) is 0.889. The van der Waals surface area contributed by atoms with Gasteiger partial charge in [0.15, 0.2) is 5.78 Å². The van der Waals surface area contributed by atoms with E-state index < -0.39 is 16.2 Å². The minimum atomic E-state index is -3.58. The summed E-state index contributed by atoms with van der Waals surface area (Å²) in [7, 11) is -3.58. The number of aliphatic hydroxyl groups excluding tert-OH is 1. The number of Topliss-reactive ketones (excluding diaryl/α,β-unsaturated/α-hetero) is 1. The topological polar surface area (TPSA) is 80.7 Å². The van der Waals surface area contributed by atoms with Crippen molar-refractivity contribution in [3.8, 4) is 0 Å².